The number of hydrogen-bond acceptors (Lipinski definition) is 3. The maximum Gasteiger partial charge on any atom is 0.109 e. The fraction of sp³-hybridized carbons (Fsp3) is 1.00. The van der Waals surface area contributed by atoms with Crippen LogP contribution in [0.3, 0.4) is 0 Å². The smallest absolute Gasteiger partial charge is 0.109 e. The first-order chi connectivity index (χ1) is 5.24. The van der Waals surface area contributed by atoms with Gasteiger partial charge in [-0.2, -0.15) is 0 Å². The zero-order chi connectivity index (χ0) is 8.27. The van der Waals surface area contributed by atoms with Crippen LogP contribution >= 0.6 is 0 Å². The highest BCUT2D eigenvalue weighted by molar-refractivity contribution is 4.74. The third-order valence-electron chi connectivity index (χ3n) is 2.40. The molecule has 1 rings (SSSR count). The predicted octanol–water partition coefficient (Wildman–Crippen LogP) is 0.259. The number of ether oxygens (including phenoxy) is 1. The van der Waals surface area contributed by atoms with Crippen LogP contribution in [0.2, 0.25) is 0 Å². The van der Waals surface area contributed by atoms with Crippen molar-refractivity contribution in [1.29, 1.82) is 0 Å². The molecule has 0 radical (unpaired) electrons. The van der Waals surface area contributed by atoms with Crippen LogP contribution in [0.4, 0.5) is 0 Å². The van der Waals surface area contributed by atoms with Crippen LogP contribution in [0.25, 0.3) is 0 Å². The van der Waals surface area contributed by atoms with Gasteiger partial charge in [0.05, 0.1) is 0 Å². The Balaban J connectivity index is 2.33. The van der Waals surface area contributed by atoms with Gasteiger partial charge in [0.1, 0.15) is 6.23 Å². The van der Waals surface area contributed by atoms with Crippen molar-refractivity contribution in [1.82, 2.24) is 4.90 Å². The zero-order valence-corrected chi connectivity index (χ0v) is 7.42. The lowest BCUT2D eigenvalue weighted by Crippen LogP contribution is -2.42. The normalized spacial score (nSPS) is 30.3. The monoisotopic (exact) mass is 158 g/mol. The largest absolute Gasteiger partial charge is 0.366 e. The van der Waals surface area contributed by atoms with Crippen LogP contribution in [0.15, 0.2) is 0 Å². The van der Waals surface area contributed by atoms with E-state index in [4.69, 9.17) is 10.5 Å². The number of nitrogens with two attached hydrogens (primary N) is 1. The summed E-state index contributed by atoms with van der Waals surface area (Å²) in [6.07, 6.45) is 2.38. The second-order valence-electron chi connectivity index (χ2n) is 3.36. The number of piperidine rings is 1. The molecule has 1 fully saturated rings. The lowest BCUT2D eigenvalue weighted by Gasteiger charge is -2.32. The number of nitrogens with zero attached hydrogens (tertiary/aromatic N) is 1. The Kier molecular flexibility index (Phi) is 3.30. The predicted molar refractivity (Wildman–Crippen MR) is 45.2 cm³/mol. The Morgan fingerprint density at radius 2 is 2.36 bits per heavy atom. The minimum Gasteiger partial charge on any atom is -0.366 e. The van der Waals surface area contributed by atoms with Crippen molar-refractivity contribution >= 4 is 0 Å². The van der Waals surface area contributed by atoms with Crippen molar-refractivity contribution in [3.05, 3.63) is 0 Å². The maximum atomic E-state index is 5.76. The molecule has 2 unspecified atom stereocenters. The summed E-state index contributed by atoms with van der Waals surface area (Å²) in [6, 6.07) is 0. The molecule has 1 heterocycles. The van der Waals surface area contributed by atoms with Crippen LogP contribution in [-0.2, 0) is 4.74 Å². The Morgan fingerprint density at radius 1 is 1.64 bits per heavy atom. The van der Waals surface area contributed by atoms with E-state index in [1.807, 2.05) is 0 Å². The number of hydrogen-bond donors (Lipinski definition) is 1. The summed E-state index contributed by atoms with van der Waals surface area (Å²) in [7, 11) is 3.81. The number of methoxy groups -OCH3 is 1. The van der Waals surface area contributed by atoms with E-state index in [2.05, 4.69) is 11.9 Å². The van der Waals surface area contributed by atoms with E-state index in [1.54, 1.807) is 7.11 Å². The maximum absolute atomic E-state index is 5.76. The molecule has 2 N–H and O–H groups in total. The Morgan fingerprint density at radius 3 is 2.91 bits per heavy atom. The van der Waals surface area contributed by atoms with E-state index in [9.17, 15) is 0 Å². The van der Waals surface area contributed by atoms with E-state index in [1.165, 1.54) is 19.4 Å². The van der Waals surface area contributed by atoms with Crippen LogP contribution in [-0.4, -0.2) is 38.4 Å². The molecule has 66 valence electrons. The summed E-state index contributed by atoms with van der Waals surface area (Å²) in [5, 5.41) is 0. The van der Waals surface area contributed by atoms with Gasteiger partial charge in [-0.1, -0.05) is 0 Å². The Bertz CT molecular complexity index is 119. The molecule has 1 aliphatic rings. The van der Waals surface area contributed by atoms with Crippen LogP contribution in [0.1, 0.15) is 12.8 Å². The number of likely N-dealkylation sites (tertiary alicyclic amines) is 1. The highest BCUT2D eigenvalue weighted by Crippen LogP contribution is 2.17. The van der Waals surface area contributed by atoms with Crippen molar-refractivity contribution in [2.45, 2.75) is 19.1 Å². The molecule has 0 bridgehead atoms. The SMILES string of the molecule is COC(N)C1CCCN(C)C1. The Hall–Kier alpha value is -0.120. The van der Waals surface area contributed by atoms with Gasteiger partial charge in [-0.15, -0.1) is 0 Å². The van der Waals surface area contributed by atoms with Crippen molar-refractivity contribution in [3.8, 4) is 0 Å². The van der Waals surface area contributed by atoms with Crippen LogP contribution in [0, 0.1) is 5.92 Å². The summed E-state index contributed by atoms with van der Waals surface area (Å²) < 4.78 is 5.09. The summed E-state index contributed by atoms with van der Waals surface area (Å²) in [5.41, 5.74) is 5.76. The average molecular weight is 158 g/mol. The van der Waals surface area contributed by atoms with E-state index in [-0.39, 0.29) is 6.23 Å². The highest BCUT2D eigenvalue weighted by Gasteiger charge is 2.22. The summed E-state index contributed by atoms with van der Waals surface area (Å²) >= 11 is 0. The molecule has 1 saturated heterocycles. The standard InChI is InChI=1S/C8H18N2O/c1-10-5-3-4-7(6-10)8(9)11-2/h7-8H,3-6,9H2,1-2H3. The molecule has 0 aromatic heterocycles. The second-order valence-corrected chi connectivity index (χ2v) is 3.36. The third kappa shape index (κ3) is 2.43. The first-order valence-electron chi connectivity index (χ1n) is 4.21. The fourth-order valence-electron chi connectivity index (χ4n) is 1.67. The molecule has 1 aliphatic heterocycles. The van der Waals surface area contributed by atoms with Gasteiger partial charge in [0.15, 0.2) is 0 Å². The summed E-state index contributed by atoms with van der Waals surface area (Å²) in [5.74, 6) is 0.527. The minimum absolute atomic E-state index is 0.0715. The van der Waals surface area contributed by atoms with Gasteiger partial charge < -0.3 is 15.4 Å². The van der Waals surface area contributed by atoms with Gasteiger partial charge >= 0.3 is 0 Å². The summed E-state index contributed by atoms with van der Waals surface area (Å²) in [6.45, 7) is 2.28. The van der Waals surface area contributed by atoms with E-state index in [0.717, 1.165) is 6.54 Å². The van der Waals surface area contributed by atoms with E-state index in [0.29, 0.717) is 5.92 Å². The molecule has 3 nitrogen and oxygen atoms in total. The highest BCUT2D eigenvalue weighted by atomic mass is 16.5. The molecule has 0 aromatic carbocycles. The number of rotatable bonds is 2. The first-order valence-corrected chi connectivity index (χ1v) is 4.21. The minimum atomic E-state index is -0.0715. The van der Waals surface area contributed by atoms with Crippen LogP contribution in [0.5, 0.6) is 0 Å². The van der Waals surface area contributed by atoms with Gasteiger partial charge in [0, 0.05) is 19.6 Å². The Labute approximate surface area is 68.5 Å². The molecule has 0 spiro atoms. The molecule has 0 aliphatic carbocycles. The van der Waals surface area contributed by atoms with E-state index >= 15 is 0 Å². The lowest BCUT2D eigenvalue weighted by atomic mass is 9.97. The van der Waals surface area contributed by atoms with Gasteiger partial charge in [-0.05, 0) is 26.4 Å². The molecule has 11 heavy (non-hydrogen) atoms. The lowest BCUT2D eigenvalue weighted by molar-refractivity contribution is 0.0254. The van der Waals surface area contributed by atoms with Gasteiger partial charge in [-0.3, -0.25) is 0 Å². The van der Waals surface area contributed by atoms with Gasteiger partial charge in [0.25, 0.3) is 0 Å². The third-order valence-corrected chi connectivity index (χ3v) is 2.40. The van der Waals surface area contributed by atoms with Crippen molar-refractivity contribution < 1.29 is 4.74 Å². The average Bonchev–Trinajstić information content (AvgIpc) is 2.03. The quantitative estimate of drug-likeness (QED) is 0.586. The second kappa shape index (κ2) is 4.04. The molecule has 3 heteroatoms. The van der Waals surface area contributed by atoms with Gasteiger partial charge in [-0.25, -0.2) is 0 Å². The molecular weight excluding hydrogens is 140 g/mol. The molecule has 0 amide bonds. The van der Waals surface area contributed by atoms with Crippen molar-refractivity contribution in [3.63, 3.8) is 0 Å². The zero-order valence-electron chi connectivity index (χ0n) is 7.42. The molecule has 2 atom stereocenters. The molecular formula is C8H18N2O. The van der Waals surface area contributed by atoms with E-state index < -0.39 is 0 Å². The van der Waals surface area contributed by atoms with Crippen molar-refractivity contribution in [2.24, 2.45) is 11.7 Å². The topological polar surface area (TPSA) is 38.5 Å². The fourth-order valence-corrected chi connectivity index (χ4v) is 1.67. The van der Waals surface area contributed by atoms with Crippen LogP contribution < -0.4 is 5.73 Å². The molecule has 0 aromatic rings. The van der Waals surface area contributed by atoms with Crippen molar-refractivity contribution in [2.75, 3.05) is 27.2 Å². The first kappa shape index (κ1) is 8.97. The van der Waals surface area contributed by atoms with Gasteiger partial charge in [0.2, 0.25) is 0 Å². The molecule has 0 saturated carbocycles. The summed E-state index contributed by atoms with van der Waals surface area (Å²) in [4.78, 5) is 2.31.